The first kappa shape index (κ1) is 13.4. The Balaban J connectivity index is 2.05. The van der Waals surface area contributed by atoms with E-state index >= 15 is 0 Å². The largest absolute Gasteiger partial charge is 0.490 e. The molecule has 0 saturated carbocycles. The molecule has 3 rings (SSSR count). The molecule has 4 heteroatoms. The van der Waals surface area contributed by atoms with Gasteiger partial charge < -0.3 is 9.47 Å². The van der Waals surface area contributed by atoms with Crippen LogP contribution in [0.3, 0.4) is 0 Å². The number of para-hydroxylation sites is 2. The second kappa shape index (κ2) is 5.79. The Morgan fingerprint density at radius 3 is 2.29 bits per heavy atom. The number of hydrogen-bond donors (Lipinski definition) is 0. The highest BCUT2D eigenvalue weighted by Gasteiger charge is 2.11. The van der Waals surface area contributed by atoms with Gasteiger partial charge in [0.2, 0.25) is 5.88 Å². The number of hydrogen-bond acceptors (Lipinski definition) is 4. The van der Waals surface area contributed by atoms with Crippen LogP contribution in [0.15, 0.2) is 48.5 Å². The maximum atomic E-state index is 5.93. The van der Waals surface area contributed by atoms with Crippen LogP contribution in [0.1, 0.15) is 12.6 Å². The van der Waals surface area contributed by atoms with E-state index in [4.69, 9.17) is 9.47 Å². The number of aromatic nitrogens is 2. The van der Waals surface area contributed by atoms with Crippen LogP contribution >= 0.6 is 0 Å². The smallest absolute Gasteiger partial charge is 0.246 e. The van der Waals surface area contributed by atoms with Crippen LogP contribution in [0.2, 0.25) is 0 Å². The molecule has 0 bridgehead atoms. The lowest BCUT2D eigenvalue weighted by molar-refractivity contribution is 0.319. The first-order chi connectivity index (χ1) is 10.3. The second-order valence-corrected chi connectivity index (χ2v) is 4.62. The van der Waals surface area contributed by atoms with Gasteiger partial charge in [0.15, 0.2) is 11.5 Å². The van der Waals surface area contributed by atoms with E-state index in [2.05, 4.69) is 10.2 Å². The monoisotopic (exact) mass is 280 g/mol. The molecule has 0 unspecified atom stereocenters. The number of nitrogens with zero attached hydrogens (tertiary/aromatic N) is 2. The predicted molar refractivity (Wildman–Crippen MR) is 82.0 cm³/mol. The maximum Gasteiger partial charge on any atom is 0.246 e. The van der Waals surface area contributed by atoms with Crippen molar-refractivity contribution in [2.24, 2.45) is 0 Å². The van der Waals surface area contributed by atoms with Crippen LogP contribution in [-0.2, 0) is 0 Å². The molecule has 1 heterocycles. The summed E-state index contributed by atoms with van der Waals surface area (Å²) in [5.74, 6) is 1.83. The van der Waals surface area contributed by atoms with E-state index in [0.717, 1.165) is 16.5 Å². The summed E-state index contributed by atoms with van der Waals surface area (Å²) in [5.41, 5.74) is 0.885. The van der Waals surface area contributed by atoms with Crippen molar-refractivity contribution < 1.29 is 9.47 Å². The first-order valence-electron chi connectivity index (χ1n) is 6.91. The molecule has 0 spiro atoms. The Kier molecular flexibility index (Phi) is 3.69. The van der Waals surface area contributed by atoms with Gasteiger partial charge >= 0.3 is 0 Å². The molecule has 0 saturated heterocycles. The number of fused-ring (bicyclic) bond motifs is 1. The molecule has 106 valence electrons. The highest BCUT2D eigenvalue weighted by Crippen LogP contribution is 2.33. The lowest BCUT2D eigenvalue weighted by Crippen LogP contribution is -1.98. The zero-order chi connectivity index (χ0) is 14.7. The van der Waals surface area contributed by atoms with Crippen molar-refractivity contribution in [2.75, 3.05) is 6.61 Å². The second-order valence-electron chi connectivity index (χ2n) is 4.62. The van der Waals surface area contributed by atoms with Gasteiger partial charge in [-0.1, -0.05) is 30.3 Å². The van der Waals surface area contributed by atoms with Crippen molar-refractivity contribution >= 4 is 10.8 Å². The molecule has 2 aromatic carbocycles. The van der Waals surface area contributed by atoms with Gasteiger partial charge in [-0.05, 0) is 32.0 Å². The fourth-order valence-corrected chi connectivity index (χ4v) is 2.20. The molecule has 21 heavy (non-hydrogen) atoms. The minimum absolute atomic E-state index is 0.489. The Morgan fingerprint density at radius 2 is 1.52 bits per heavy atom. The standard InChI is InChI=1S/C17H16N2O2/c1-3-20-15-10-6-7-11-16(15)21-17-14-9-5-4-8-13(14)12(2)18-19-17/h4-11H,3H2,1-2H3. The summed E-state index contributed by atoms with van der Waals surface area (Å²) in [4.78, 5) is 0. The van der Waals surface area contributed by atoms with Crippen molar-refractivity contribution in [1.29, 1.82) is 0 Å². The predicted octanol–water partition coefficient (Wildman–Crippen LogP) is 4.13. The molecule has 0 fully saturated rings. The number of benzene rings is 2. The molecule has 0 N–H and O–H groups in total. The lowest BCUT2D eigenvalue weighted by Gasteiger charge is -2.12. The minimum Gasteiger partial charge on any atom is -0.490 e. The van der Waals surface area contributed by atoms with E-state index in [1.807, 2.05) is 62.4 Å². The first-order valence-corrected chi connectivity index (χ1v) is 6.91. The van der Waals surface area contributed by atoms with Crippen molar-refractivity contribution in [1.82, 2.24) is 10.2 Å². The van der Waals surface area contributed by atoms with Crippen LogP contribution in [0.5, 0.6) is 17.4 Å². The zero-order valence-electron chi connectivity index (χ0n) is 12.0. The van der Waals surface area contributed by atoms with Gasteiger partial charge in [-0.15, -0.1) is 5.10 Å². The van der Waals surface area contributed by atoms with Gasteiger partial charge in [0, 0.05) is 10.8 Å². The molecule has 0 atom stereocenters. The molecule has 1 aromatic heterocycles. The highest BCUT2D eigenvalue weighted by atomic mass is 16.5. The van der Waals surface area contributed by atoms with Crippen LogP contribution in [0, 0.1) is 6.92 Å². The van der Waals surface area contributed by atoms with Gasteiger partial charge in [-0.3, -0.25) is 0 Å². The topological polar surface area (TPSA) is 44.2 Å². The highest BCUT2D eigenvalue weighted by molar-refractivity contribution is 5.88. The molecular formula is C17H16N2O2. The van der Waals surface area contributed by atoms with Gasteiger partial charge in [0.1, 0.15) is 0 Å². The average Bonchev–Trinajstić information content (AvgIpc) is 2.52. The average molecular weight is 280 g/mol. The number of aryl methyl sites for hydroxylation is 1. The minimum atomic E-state index is 0.489. The number of rotatable bonds is 4. The molecule has 0 radical (unpaired) electrons. The van der Waals surface area contributed by atoms with Crippen molar-refractivity contribution in [3.63, 3.8) is 0 Å². The SMILES string of the molecule is CCOc1ccccc1Oc1nnc(C)c2ccccc12. The van der Waals surface area contributed by atoms with Crippen molar-refractivity contribution in [2.45, 2.75) is 13.8 Å². The fraction of sp³-hybridized carbons (Fsp3) is 0.176. The maximum absolute atomic E-state index is 5.93. The number of ether oxygens (including phenoxy) is 2. The van der Waals surface area contributed by atoms with Crippen LogP contribution in [-0.4, -0.2) is 16.8 Å². The van der Waals surface area contributed by atoms with Crippen LogP contribution in [0.25, 0.3) is 10.8 Å². The summed E-state index contributed by atoms with van der Waals surface area (Å²) in [6.45, 7) is 4.46. The van der Waals surface area contributed by atoms with Gasteiger partial charge in [-0.2, -0.15) is 5.10 Å². The van der Waals surface area contributed by atoms with Gasteiger partial charge in [0.05, 0.1) is 12.3 Å². The summed E-state index contributed by atoms with van der Waals surface area (Å²) in [7, 11) is 0. The van der Waals surface area contributed by atoms with E-state index < -0.39 is 0 Å². The third-order valence-electron chi connectivity index (χ3n) is 3.19. The Bertz CT molecular complexity index is 772. The molecule has 0 amide bonds. The van der Waals surface area contributed by atoms with E-state index in [-0.39, 0.29) is 0 Å². The zero-order valence-corrected chi connectivity index (χ0v) is 12.0. The van der Waals surface area contributed by atoms with Gasteiger partial charge in [-0.25, -0.2) is 0 Å². The summed E-state index contributed by atoms with van der Waals surface area (Å²) >= 11 is 0. The molecule has 0 aliphatic heterocycles. The van der Waals surface area contributed by atoms with Crippen LogP contribution in [0.4, 0.5) is 0 Å². The lowest BCUT2D eigenvalue weighted by atomic mass is 10.1. The molecule has 0 aliphatic carbocycles. The quantitative estimate of drug-likeness (QED) is 0.720. The summed E-state index contributed by atoms with van der Waals surface area (Å²) in [5, 5.41) is 10.3. The van der Waals surface area contributed by atoms with Gasteiger partial charge in [0.25, 0.3) is 0 Å². The van der Waals surface area contributed by atoms with E-state index in [9.17, 15) is 0 Å². The molecule has 4 nitrogen and oxygen atoms in total. The van der Waals surface area contributed by atoms with Crippen molar-refractivity contribution in [3.8, 4) is 17.4 Å². The third kappa shape index (κ3) is 2.65. The van der Waals surface area contributed by atoms with Crippen LogP contribution < -0.4 is 9.47 Å². The Hall–Kier alpha value is -2.62. The Morgan fingerprint density at radius 1 is 0.857 bits per heavy atom. The molecule has 3 aromatic rings. The fourth-order valence-electron chi connectivity index (χ4n) is 2.20. The van der Waals surface area contributed by atoms with E-state index in [1.165, 1.54) is 0 Å². The molecule has 0 aliphatic rings. The summed E-state index contributed by atoms with van der Waals surface area (Å²) in [6, 6.07) is 15.5. The Labute approximate surface area is 123 Å². The van der Waals surface area contributed by atoms with E-state index in [0.29, 0.717) is 24.0 Å². The van der Waals surface area contributed by atoms with Crippen molar-refractivity contribution in [3.05, 3.63) is 54.2 Å². The summed E-state index contributed by atoms with van der Waals surface area (Å²) < 4.78 is 11.5. The third-order valence-corrected chi connectivity index (χ3v) is 3.19. The van der Waals surface area contributed by atoms with E-state index in [1.54, 1.807) is 0 Å². The summed E-state index contributed by atoms with van der Waals surface area (Å²) in [6.07, 6.45) is 0. The molecular weight excluding hydrogens is 264 g/mol. The normalized spacial score (nSPS) is 10.6.